The number of hydrogen-bond acceptors (Lipinski definition) is 0. The normalized spacial score (nSPS) is 0. The van der Waals surface area contributed by atoms with Crippen LogP contribution in [-0.4, -0.2) is 19.8 Å². The van der Waals surface area contributed by atoms with Crippen LogP contribution in [0, 0.1) is 40.4 Å². The van der Waals surface area contributed by atoms with Crippen molar-refractivity contribution in [3.63, 3.8) is 0 Å². The zero-order valence-corrected chi connectivity index (χ0v) is 7.90. The maximum atomic E-state index is 0. The van der Waals surface area contributed by atoms with Gasteiger partial charge in [0.2, 0.25) is 0 Å². The smallest absolute Gasteiger partial charge is 0 e. The molecule has 0 unspecified atom stereocenters. The molecule has 0 aromatic rings. The molecule has 0 N–H and O–H groups in total. The maximum Gasteiger partial charge on any atom is 0 e. The van der Waals surface area contributed by atoms with Gasteiger partial charge < -0.3 is 0 Å². The molecule has 0 aromatic carbocycles. The molecule has 0 nitrogen and oxygen atoms in total. The van der Waals surface area contributed by atoms with Crippen molar-refractivity contribution >= 4 is 19.8 Å². The van der Waals surface area contributed by atoms with Crippen molar-refractivity contribution in [2.75, 3.05) is 0 Å². The fourth-order valence-corrected chi connectivity index (χ4v) is 0. The fraction of sp³-hybridized carbons (Fsp3) is 0. The Morgan fingerprint density at radius 2 is 1.00 bits per heavy atom. The molecule has 0 bridgehead atoms. The molecule has 0 atom stereocenters. The summed E-state index contributed by atoms with van der Waals surface area (Å²) in [4.78, 5) is 0. The van der Waals surface area contributed by atoms with E-state index >= 15 is 0 Å². The Bertz CT molecular complexity index is 8.00. The van der Waals surface area contributed by atoms with E-state index < -0.39 is 0 Å². The minimum Gasteiger partial charge on any atom is 0 e. The summed E-state index contributed by atoms with van der Waals surface area (Å²) in [5, 5.41) is 0. The average Bonchev–Trinajstić information content (AvgIpc) is 0. The molecule has 0 amide bonds. The Morgan fingerprint density at radius 3 is 1.00 bits per heavy atom. The quantitative estimate of drug-likeness (QED) is 0.472. The van der Waals surface area contributed by atoms with Crippen molar-refractivity contribution in [3.8, 4) is 0 Å². The van der Waals surface area contributed by atoms with E-state index in [0.29, 0.717) is 0 Å². The summed E-state index contributed by atoms with van der Waals surface area (Å²) >= 11 is 0. The maximum absolute atomic E-state index is 0. The minimum atomic E-state index is 0. The molecule has 0 fully saturated rings. The SMILES string of the molecule is [Fe].[GaH3].[Sm].[Y]. The van der Waals surface area contributed by atoms with Gasteiger partial charge in [0.25, 0.3) is 0 Å². The molecule has 0 saturated carbocycles. The monoisotopic (exact) mass is 369 g/mol. The fourth-order valence-electron chi connectivity index (χ4n) is 0. The molecule has 0 aliphatic rings. The molecule has 0 rings (SSSR count). The second-order valence-electron chi connectivity index (χ2n) is 0. The molecule has 23 valence electrons. The van der Waals surface area contributed by atoms with Crippen molar-refractivity contribution in [1.29, 1.82) is 0 Å². The van der Waals surface area contributed by atoms with E-state index in [4.69, 9.17) is 0 Å². The zero-order valence-electron chi connectivity index (χ0n) is 1.34. The van der Waals surface area contributed by atoms with Crippen LogP contribution in [-0.2, 0) is 49.8 Å². The average molecular weight is 368 g/mol. The van der Waals surface area contributed by atoms with E-state index in [2.05, 4.69) is 0 Å². The first-order valence-corrected chi connectivity index (χ1v) is 0. The third-order valence-electron chi connectivity index (χ3n) is 0. The van der Waals surface area contributed by atoms with Crippen molar-refractivity contribution in [2.24, 2.45) is 0 Å². The van der Waals surface area contributed by atoms with Crippen molar-refractivity contribution < 1.29 is 90.2 Å². The molecule has 0 aromatic heterocycles. The van der Waals surface area contributed by atoms with Crippen LogP contribution in [0.25, 0.3) is 0 Å². The van der Waals surface area contributed by atoms with Crippen LogP contribution in [0.2, 0.25) is 0 Å². The third-order valence-corrected chi connectivity index (χ3v) is 0. The van der Waals surface area contributed by atoms with Gasteiger partial charge >= 0.3 is 19.8 Å². The summed E-state index contributed by atoms with van der Waals surface area (Å²) in [5.74, 6) is 0. The molecule has 0 aliphatic carbocycles. The van der Waals surface area contributed by atoms with Crippen LogP contribution in [0.4, 0.5) is 0 Å². The minimum absolute atomic E-state index is 0. The molecule has 0 saturated heterocycles. The second kappa shape index (κ2) is 16.0. The molecule has 0 heterocycles. The Labute approximate surface area is 107 Å². The molecule has 0 spiro atoms. The Morgan fingerprint density at radius 1 is 1.00 bits per heavy atom. The van der Waals surface area contributed by atoms with Crippen LogP contribution in [0.1, 0.15) is 0 Å². The van der Waals surface area contributed by atoms with Crippen molar-refractivity contribution in [3.05, 3.63) is 0 Å². The van der Waals surface area contributed by atoms with E-state index in [-0.39, 0.29) is 110 Å². The molecule has 4 heteroatoms. The predicted octanol–water partition coefficient (Wildman–Crippen LogP) is -1.19. The van der Waals surface area contributed by atoms with Crippen LogP contribution in [0.3, 0.4) is 0 Å². The summed E-state index contributed by atoms with van der Waals surface area (Å²) in [6.07, 6.45) is 0. The molecule has 0 aliphatic heterocycles. The summed E-state index contributed by atoms with van der Waals surface area (Å²) in [6, 6.07) is 0. The van der Waals surface area contributed by atoms with Gasteiger partial charge in [0.15, 0.2) is 0 Å². The van der Waals surface area contributed by atoms with Gasteiger partial charge in [0, 0.05) is 90.2 Å². The Balaban J connectivity index is 0. The van der Waals surface area contributed by atoms with Crippen LogP contribution in [0.15, 0.2) is 0 Å². The molecular weight excluding hydrogens is 365 g/mol. The van der Waals surface area contributed by atoms with Gasteiger partial charge in [-0.05, 0) is 0 Å². The first-order chi connectivity index (χ1) is 0. The van der Waals surface area contributed by atoms with Gasteiger partial charge in [-0.15, -0.1) is 0 Å². The van der Waals surface area contributed by atoms with Gasteiger partial charge in [-0.25, -0.2) is 0 Å². The van der Waals surface area contributed by atoms with Gasteiger partial charge in [-0.2, -0.15) is 0 Å². The zero-order chi connectivity index (χ0) is 0. The Kier molecular flexibility index (Phi) is 102. The standard InChI is InChI=1S/Fe.Ga.Sm.Y.3H. The summed E-state index contributed by atoms with van der Waals surface area (Å²) in [7, 11) is 0. The van der Waals surface area contributed by atoms with E-state index in [0.717, 1.165) is 0 Å². The summed E-state index contributed by atoms with van der Waals surface area (Å²) in [6.45, 7) is 0. The van der Waals surface area contributed by atoms with Gasteiger partial charge in [0.05, 0.1) is 0 Å². The number of hydrogen-bond donors (Lipinski definition) is 0. The second-order valence-corrected chi connectivity index (χ2v) is 0. The summed E-state index contributed by atoms with van der Waals surface area (Å²) in [5.41, 5.74) is 0. The molecule has 1 radical (unpaired) electrons. The van der Waals surface area contributed by atoms with Crippen LogP contribution in [0.5, 0.6) is 0 Å². The van der Waals surface area contributed by atoms with Crippen molar-refractivity contribution in [2.45, 2.75) is 0 Å². The van der Waals surface area contributed by atoms with Crippen molar-refractivity contribution in [1.82, 2.24) is 0 Å². The van der Waals surface area contributed by atoms with Gasteiger partial charge in [-0.3, -0.25) is 0 Å². The largest absolute Gasteiger partial charge is 0 e. The third kappa shape index (κ3) is 9.14. The summed E-state index contributed by atoms with van der Waals surface area (Å²) < 4.78 is 0. The van der Waals surface area contributed by atoms with E-state index in [1.807, 2.05) is 0 Å². The first kappa shape index (κ1) is 25.6. The first-order valence-electron chi connectivity index (χ1n) is 0. The van der Waals surface area contributed by atoms with E-state index in [9.17, 15) is 0 Å². The molecule has 4 heavy (non-hydrogen) atoms. The predicted molar refractivity (Wildman–Crippen MR) is 9.94 cm³/mol. The van der Waals surface area contributed by atoms with Gasteiger partial charge in [0.1, 0.15) is 0 Å². The van der Waals surface area contributed by atoms with Crippen LogP contribution >= 0.6 is 0 Å². The topological polar surface area (TPSA) is 0 Å². The van der Waals surface area contributed by atoms with Gasteiger partial charge in [-0.1, -0.05) is 0 Å². The number of rotatable bonds is 0. The Hall–Kier alpha value is 3.60. The molecular formula is H3FeGaSmY. The van der Waals surface area contributed by atoms with E-state index in [1.165, 1.54) is 0 Å². The van der Waals surface area contributed by atoms with E-state index in [1.54, 1.807) is 0 Å². The van der Waals surface area contributed by atoms with Crippen LogP contribution < -0.4 is 0 Å².